The first-order valence-corrected chi connectivity index (χ1v) is 4.97. The Morgan fingerprint density at radius 3 is 2.86 bits per heavy atom. The van der Waals surface area contributed by atoms with Crippen molar-refractivity contribution in [3.63, 3.8) is 0 Å². The van der Waals surface area contributed by atoms with Crippen LogP contribution in [0.25, 0.3) is 0 Å². The zero-order valence-corrected chi connectivity index (χ0v) is 9.54. The van der Waals surface area contributed by atoms with Gasteiger partial charge in [0.1, 0.15) is 0 Å². The standard InChI is InChI=1S/C9H11BrN2O2/c1-6(2)5-11-12-9(13)7-3-4-8(10)14-7/h3-6H,1-2H3,(H,12,13)/b11-5+. The normalized spacial score (nSPS) is 11.1. The van der Waals surface area contributed by atoms with Gasteiger partial charge >= 0.3 is 5.91 Å². The van der Waals surface area contributed by atoms with Crippen molar-refractivity contribution in [3.8, 4) is 0 Å². The third kappa shape index (κ3) is 3.33. The molecule has 0 unspecified atom stereocenters. The van der Waals surface area contributed by atoms with E-state index in [4.69, 9.17) is 4.42 Å². The van der Waals surface area contributed by atoms with Gasteiger partial charge < -0.3 is 4.42 Å². The third-order valence-electron chi connectivity index (χ3n) is 1.34. The van der Waals surface area contributed by atoms with Crippen molar-refractivity contribution in [1.82, 2.24) is 5.43 Å². The minimum atomic E-state index is -0.354. The molecule has 1 heterocycles. The Labute approximate surface area is 90.5 Å². The molecule has 1 aromatic rings. The summed E-state index contributed by atoms with van der Waals surface area (Å²) in [7, 11) is 0. The number of carbonyl (C=O) groups is 1. The molecule has 1 N–H and O–H groups in total. The van der Waals surface area contributed by atoms with Gasteiger partial charge in [0, 0.05) is 6.21 Å². The molecule has 0 spiro atoms. The number of carbonyl (C=O) groups excluding carboxylic acids is 1. The molecule has 76 valence electrons. The van der Waals surface area contributed by atoms with Crippen LogP contribution in [0.15, 0.2) is 26.3 Å². The van der Waals surface area contributed by atoms with Crippen molar-refractivity contribution in [2.45, 2.75) is 13.8 Å². The lowest BCUT2D eigenvalue weighted by molar-refractivity contribution is 0.0926. The highest BCUT2D eigenvalue weighted by atomic mass is 79.9. The van der Waals surface area contributed by atoms with Crippen LogP contribution in [0.1, 0.15) is 24.4 Å². The maximum Gasteiger partial charge on any atom is 0.307 e. The molecule has 0 saturated heterocycles. The lowest BCUT2D eigenvalue weighted by atomic mass is 10.3. The highest BCUT2D eigenvalue weighted by Crippen LogP contribution is 2.13. The van der Waals surface area contributed by atoms with Crippen molar-refractivity contribution in [2.75, 3.05) is 0 Å². The van der Waals surface area contributed by atoms with Gasteiger partial charge in [-0.15, -0.1) is 0 Å². The first-order chi connectivity index (χ1) is 6.59. The summed E-state index contributed by atoms with van der Waals surface area (Å²) in [5, 5.41) is 3.76. The van der Waals surface area contributed by atoms with E-state index in [-0.39, 0.29) is 11.7 Å². The summed E-state index contributed by atoms with van der Waals surface area (Å²) in [6.07, 6.45) is 1.65. The number of hydrogen-bond acceptors (Lipinski definition) is 3. The lowest BCUT2D eigenvalue weighted by Gasteiger charge is -1.96. The first-order valence-electron chi connectivity index (χ1n) is 4.18. The van der Waals surface area contributed by atoms with Crippen LogP contribution >= 0.6 is 15.9 Å². The summed E-state index contributed by atoms with van der Waals surface area (Å²) in [6.45, 7) is 3.94. The summed E-state index contributed by atoms with van der Waals surface area (Å²) < 4.78 is 5.56. The molecule has 1 rings (SSSR count). The topological polar surface area (TPSA) is 54.6 Å². The van der Waals surface area contributed by atoms with Crippen molar-refractivity contribution >= 4 is 28.1 Å². The Morgan fingerprint density at radius 1 is 1.64 bits per heavy atom. The summed E-state index contributed by atoms with van der Waals surface area (Å²) >= 11 is 3.11. The Kier molecular flexibility index (Phi) is 3.88. The molecule has 1 aromatic heterocycles. The minimum absolute atomic E-state index is 0.234. The molecule has 0 fully saturated rings. The average Bonchev–Trinajstić information content (AvgIpc) is 2.51. The summed E-state index contributed by atoms with van der Waals surface area (Å²) in [4.78, 5) is 11.3. The maximum absolute atomic E-state index is 11.3. The number of nitrogens with zero attached hydrogens (tertiary/aromatic N) is 1. The Bertz CT molecular complexity index is 344. The zero-order valence-electron chi connectivity index (χ0n) is 7.95. The van der Waals surface area contributed by atoms with Crippen LogP contribution in [-0.4, -0.2) is 12.1 Å². The molecular formula is C9H11BrN2O2. The van der Waals surface area contributed by atoms with Crippen LogP contribution in [0.3, 0.4) is 0 Å². The van der Waals surface area contributed by atoms with Crippen LogP contribution in [0.5, 0.6) is 0 Å². The van der Waals surface area contributed by atoms with Gasteiger partial charge in [-0.25, -0.2) is 5.43 Å². The van der Waals surface area contributed by atoms with Crippen LogP contribution in [-0.2, 0) is 0 Å². The van der Waals surface area contributed by atoms with E-state index in [0.717, 1.165) is 0 Å². The van der Waals surface area contributed by atoms with E-state index >= 15 is 0 Å². The second-order valence-electron chi connectivity index (χ2n) is 3.07. The van der Waals surface area contributed by atoms with Crippen LogP contribution in [0, 0.1) is 5.92 Å². The molecule has 0 radical (unpaired) electrons. The second kappa shape index (κ2) is 4.95. The molecule has 0 aliphatic rings. The second-order valence-corrected chi connectivity index (χ2v) is 3.85. The fourth-order valence-electron chi connectivity index (χ4n) is 0.736. The predicted molar refractivity (Wildman–Crippen MR) is 57.2 cm³/mol. The molecule has 0 aromatic carbocycles. The number of hydrogen-bond donors (Lipinski definition) is 1. The fraction of sp³-hybridized carbons (Fsp3) is 0.333. The first kappa shape index (κ1) is 11.0. The van der Waals surface area contributed by atoms with Crippen LogP contribution in [0.4, 0.5) is 0 Å². The van der Waals surface area contributed by atoms with Crippen LogP contribution in [0.2, 0.25) is 0 Å². The monoisotopic (exact) mass is 258 g/mol. The predicted octanol–water partition coefficient (Wildman–Crippen LogP) is 2.41. The summed E-state index contributed by atoms with van der Waals surface area (Å²) in [5.74, 6) is 0.184. The fourth-order valence-corrected chi connectivity index (χ4v) is 1.04. The van der Waals surface area contributed by atoms with E-state index < -0.39 is 0 Å². The largest absolute Gasteiger partial charge is 0.444 e. The quantitative estimate of drug-likeness (QED) is 0.669. The molecule has 5 heteroatoms. The number of halogens is 1. The number of furan rings is 1. The molecule has 0 saturated carbocycles. The van der Waals surface area contributed by atoms with E-state index in [2.05, 4.69) is 26.5 Å². The summed E-state index contributed by atoms with van der Waals surface area (Å²) in [5.41, 5.74) is 2.36. The van der Waals surface area contributed by atoms with E-state index in [1.54, 1.807) is 18.3 Å². The van der Waals surface area contributed by atoms with Gasteiger partial charge in [-0.3, -0.25) is 4.79 Å². The molecule has 1 amide bonds. The molecule has 4 nitrogen and oxygen atoms in total. The van der Waals surface area contributed by atoms with Gasteiger partial charge in [0.25, 0.3) is 0 Å². The number of hydrazone groups is 1. The van der Waals surface area contributed by atoms with Gasteiger partial charge in [0.15, 0.2) is 10.4 Å². The van der Waals surface area contributed by atoms with Crippen molar-refractivity contribution in [2.24, 2.45) is 11.0 Å². The van der Waals surface area contributed by atoms with Gasteiger partial charge in [-0.2, -0.15) is 5.10 Å². The Morgan fingerprint density at radius 2 is 2.36 bits per heavy atom. The minimum Gasteiger partial charge on any atom is -0.444 e. The smallest absolute Gasteiger partial charge is 0.307 e. The van der Waals surface area contributed by atoms with Gasteiger partial charge in [-0.05, 0) is 34.0 Å². The highest BCUT2D eigenvalue weighted by Gasteiger charge is 2.08. The van der Waals surface area contributed by atoms with Crippen molar-refractivity contribution in [3.05, 3.63) is 22.6 Å². The van der Waals surface area contributed by atoms with E-state index in [0.29, 0.717) is 10.6 Å². The average molecular weight is 259 g/mol. The maximum atomic E-state index is 11.3. The van der Waals surface area contributed by atoms with E-state index in [9.17, 15) is 4.79 Å². The molecule has 0 aliphatic heterocycles. The Hall–Kier alpha value is -1.10. The van der Waals surface area contributed by atoms with E-state index in [1.165, 1.54) is 0 Å². The van der Waals surface area contributed by atoms with Crippen molar-refractivity contribution < 1.29 is 9.21 Å². The molecule has 0 atom stereocenters. The zero-order chi connectivity index (χ0) is 10.6. The van der Waals surface area contributed by atoms with E-state index in [1.807, 2.05) is 13.8 Å². The number of amides is 1. The molecule has 0 aliphatic carbocycles. The number of nitrogens with one attached hydrogen (secondary N) is 1. The van der Waals surface area contributed by atoms with Gasteiger partial charge in [-0.1, -0.05) is 13.8 Å². The van der Waals surface area contributed by atoms with Gasteiger partial charge in [0.2, 0.25) is 0 Å². The van der Waals surface area contributed by atoms with Crippen LogP contribution < -0.4 is 5.43 Å². The highest BCUT2D eigenvalue weighted by molar-refractivity contribution is 9.10. The molecule has 14 heavy (non-hydrogen) atoms. The lowest BCUT2D eigenvalue weighted by Crippen LogP contribution is -2.17. The third-order valence-corrected chi connectivity index (χ3v) is 1.76. The van der Waals surface area contributed by atoms with Crippen molar-refractivity contribution in [1.29, 1.82) is 0 Å². The number of rotatable bonds is 3. The molecular weight excluding hydrogens is 248 g/mol. The molecule has 0 bridgehead atoms. The summed E-state index contributed by atoms with van der Waals surface area (Å²) in [6, 6.07) is 3.23. The SMILES string of the molecule is CC(C)/C=N/NC(=O)c1ccc(Br)o1. The Balaban J connectivity index is 2.51. The van der Waals surface area contributed by atoms with Gasteiger partial charge in [0.05, 0.1) is 0 Å².